The number of benzene rings is 1. The van der Waals surface area contributed by atoms with Gasteiger partial charge in [0, 0.05) is 6.04 Å². The average Bonchev–Trinajstić information content (AvgIpc) is 2.36. The summed E-state index contributed by atoms with van der Waals surface area (Å²) in [5, 5.41) is 13.5. The number of hydrogen-bond acceptors (Lipinski definition) is 4. The number of nitrogens with one attached hydrogen (secondary N) is 2. The predicted octanol–water partition coefficient (Wildman–Crippen LogP) is 1.31. The highest BCUT2D eigenvalue weighted by atomic mass is 16.5. The van der Waals surface area contributed by atoms with Crippen LogP contribution in [-0.4, -0.2) is 35.7 Å². The summed E-state index contributed by atoms with van der Waals surface area (Å²) < 4.78 is 5.24. The Morgan fingerprint density at radius 1 is 1.29 bits per heavy atom. The van der Waals surface area contributed by atoms with Crippen molar-refractivity contribution in [3.63, 3.8) is 0 Å². The molecule has 1 aromatic rings. The molecule has 3 N–H and O–H groups in total. The van der Waals surface area contributed by atoms with E-state index in [1.165, 1.54) is 12.1 Å². The summed E-state index contributed by atoms with van der Waals surface area (Å²) in [7, 11) is 0. The third-order valence-electron chi connectivity index (χ3n) is 2.47. The molecule has 0 fully saturated rings. The van der Waals surface area contributed by atoms with Crippen molar-refractivity contribution in [1.82, 2.24) is 10.6 Å². The first kappa shape index (κ1) is 16.5. The number of hydrogen-bond donors (Lipinski definition) is 3. The fourth-order valence-electron chi connectivity index (χ4n) is 1.49. The van der Waals surface area contributed by atoms with Gasteiger partial charge in [-0.1, -0.05) is 6.07 Å². The maximum atomic E-state index is 11.5. The van der Waals surface area contributed by atoms with Crippen LogP contribution in [0.15, 0.2) is 18.2 Å². The first-order chi connectivity index (χ1) is 9.79. The van der Waals surface area contributed by atoms with Crippen LogP contribution in [0, 0.1) is 6.92 Å². The van der Waals surface area contributed by atoms with Crippen LogP contribution in [0.25, 0.3) is 0 Å². The van der Waals surface area contributed by atoms with Gasteiger partial charge in [-0.05, 0) is 38.5 Å². The maximum Gasteiger partial charge on any atom is 0.335 e. The van der Waals surface area contributed by atoms with Gasteiger partial charge in [0.25, 0.3) is 5.91 Å². The van der Waals surface area contributed by atoms with Gasteiger partial charge >= 0.3 is 12.0 Å². The molecule has 0 bridgehead atoms. The van der Waals surface area contributed by atoms with Crippen LogP contribution in [-0.2, 0) is 4.79 Å². The largest absolute Gasteiger partial charge is 0.483 e. The van der Waals surface area contributed by atoms with Gasteiger partial charge in [0.05, 0.1) is 5.56 Å². The Morgan fingerprint density at radius 3 is 2.52 bits per heavy atom. The van der Waals surface area contributed by atoms with Gasteiger partial charge in [-0.25, -0.2) is 9.59 Å². The topological polar surface area (TPSA) is 105 Å². The monoisotopic (exact) mass is 294 g/mol. The van der Waals surface area contributed by atoms with Crippen LogP contribution < -0.4 is 15.4 Å². The number of aromatic carboxylic acids is 1. The van der Waals surface area contributed by atoms with Crippen LogP contribution in [0.2, 0.25) is 0 Å². The zero-order valence-electron chi connectivity index (χ0n) is 12.1. The van der Waals surface area contributed by atoms with E-state index in [1.54, 1.807) is 26.8 Å². The van der Waals surface area contributed by atoms with E-state index in [0.29, 0.717) is 5.56 Å². The molecule has 7 nitrogen and oxygen atoms in total. The third-order valence-corrected chi connectivity index (χ3v) is 2.47. The summed E-state index contributed by atoms with van der Waals surface area (Å²) in [6.45, 7) is 4.88. The SMILES string of the molecule is Cc1ccc(C(=O)O)cc1OCC(=O)NC(=O)NC(C)C. The van der Waals surface area contributed by atoms with Crippen molar-refractivity contribution in [1.29, 1.82) is 0 Å². The van der Waals surface area contributed by atoms with Gasteiger partial charge in [-0.3, -0.25) is 10.1 Å². The fraction of sp³-hybridized carbons (Fsp3) is 0.357. The second-order valence-corrected chi connectivity index (χ2v) is 4.75. The van der Waals surface area contributed by atoms with Crippen molar-refractivity contribution >= 4 is 17.9 Å². The summed E-state index contributed by atoms with van der Waals surface area (Å²) in [5.74, 6) is -1.41. The smallest absolute Gasteiger partial charge is 0.335 e. The van der Waals surface area contributed by atoms with Crippen LogP contribution in [0.4, 0.5) is 4.79 Å². The van der Waals surface area contributed by atoms with Crippen molar-refractivity contribution in [2.24, 2.45) is 0 Å². The van der Waals surface area contributed by atoms with Crippen LogP contribution in [0.5, 0.6) is 5.75 Å². The molecule has 1 aromatic carbocycles. The van der Waals surface area contributed by atoms with Gasteiger partial charge in [0.1, 0.15) is 5.75 Å². The Labute approximate surface area is 122 Å². The number of carbonyl (C=O) groups excluding carboxylic acids is 2. The second kappa shape index (κ2) is 7.28. The van der Waals surface area contributed by atoms with E-state index in [9.17, 15) is 14.4 Å². The van der Waals surface area contributed by atoms with Crippen LogP contribution >= 0.6 is 0 Å². The van der Waals surface area contributed by atoms with Crippen LogP contribution in [0.3, 0.4) is 0 Å². The Hall–Kier alpha value is -2.57. The van der Waals surface area contributed by atoms with E-state index >= 15 is 0 Å². The summed E-state index contributed by atoms with van der Waals surface area (Å²) >= 11 is 0. The normalized spacial score (nSPS) is 10.1. The summed E-state index contributed by atoms with van der Waals surface area (Å²) in [6, 6.07) is 3.67. The van der Waals surface area contributed by atoms with Crippen molar-refractivity contribution in [2.75, 3.05) is 6.61 Å². The molecule has 0 aliphatic carbocycles. The molecule has 3 amide bonds. The minimum atomic E-state index is -1.08. The van der Waals surface area contributed by atoms with E-state index in [0.717, 1.165) is 0 Å². The van der Waals surface area contributed by atoms with Gasteiger partial charge in [-0.2, -0.15) is 0 Å². The molecule has 0 unspecified atom stereocenters. The summed E-state index contributed by atoms with van der Waals surface area (Å²) in [4.78, 5) is 33.7. The highest BCUT2D eigenvalue weighted by Crippen LogP contribution is 2.19. The molecule has 0 radical (unpaired) electrons. The number of aryl methyl sites for hydroxylation is 1. The quantitative estimate of drug-likeness (QED) is 0.759. The van der Waals surface area contributed by atoms with Crippen molar-refractivity contribution in [3.8, 4) is 5.75 Å². The lowest BCUT2D eigenvalue weighted by Crippen LogP contribution is -2.44. The molecule has 0 saturated heterocycles. The molecule has 0 spiro atoms. The van der Waals surface area contributed by atoms with Crippen molar-refractivity contribution in [2.45, 2.75) is 26.8 Å². The van der Waals surface area contributed by atoms with E-state index in [1.807, 2.05) is 0 Å². The molecule has 0 aliphatic heterocycles. The number of imide groups is 1. The lowest BCUT2D eigenvalue weighted by Gasteiger charge is -2.11. The molecule has 7 heteroatoms. The molecule has 0 aromatic heterocycles. The fourth-order valence-corrected chi connectivity index (χ4v) is 1.49. The van der Waals surface area contributed by atoms with E-state index in [4.69, 9.17) is 9.84 Å². The number of carboxylic acid groups (broad SMARTS) is 1. The lowest BCUT2D eigenvalue weighted by molar-refractivity contribution is -0.122. The number of urea groups is 1. The number of rotatable bonds is 5. The predicted molar refractivity (Wildman–Crippen MR) is 75.4 cm³/mol. The Kier molecular flexibility index (Phi) is 5.71. The number of carbonyl (C=O) groups is 3. The third kappa shape index (κ3) is 5.52. The Morgan fingerprint density at radius 2 is 1.95 bits per heavy atom. The zero-order chi connectivity index (χ0) is 16.0. The Bertz CT molecular complexity index is 554. The molecule has 0 saturated carbocycles. The average molecular weight is 294 g/mol. The van der Waals surface area contributed by atoms with Crippen molar-refractivity contribution in [3.05, 3.63) is 29.3 Å². The second-order valence-electron chi connectivity index (χ2n) is 4.75. The molecule has 1 rings (SSSR count). The lowest BCUT2D eigenvalue weighted by atomic mass is 10.1. The van der Waals surface area contributed by atoms with Gasteiger partial charge < -0.3 is 15.2 Å². The van der Waals surface area contributed by atoms with Gasteiger partial charge in [-0.15, -0.1) is 0 Å². The minimum Gasteiger partial charge on any atom is -0.483 e. The van der Waals surface area contributed by atoms with E-state index < -0.39 is 17.9 Å². The van der Waals surface area contributed by atoms with Gasteiger partial charge in [0.2, 0.25) is 0 Å². The molecule has 114 valence electrons. The number of ether oxygens (including phenoxy) is 1. The highest BCUT2D eigenvalue weighted by molar-refractivity contribution is 5.95. The molecule has 0 aliphatic rings. The van der Waals surface area contributed by atoms with Gasteiger partial charge in [0.15, 0.2) is 6.61 Å². The van der Waals surface area contributed by atoms with E-state index in [-0.39, 0.29) is 24.0 Å². The molecule has 0 heterocycles. The van der Waals surface area contributed by atoms with Crippen LogP contribution in [0.1, 0.15) is 29.8 Å². The minimum absolute atomic E-state index is 0.0635. The molecular formula is C14H18N2O5. The zero-order valence-corrected chi connectivity index (χ0v) is 12.1. The standard InChI is InChI=1S/C14H18N2O5/c1-8(2)15-14(20)16-12(17)7-21-11-6-10(13(18)19)5-4-9(11)3/h4-6,8H,7H2,1-3H3,(H,18,19)(H2,15,16,17,20). The number of carboxylic acids is 1. The first-order valence-corrected chi connectivity index (χ1v) is 6.36. The first-order valence-electron chi connectivity index (χ1n) is 6.36. The van der Waals surface area contributed by atoms with E-state index in [2.05, 4.69) is 10.6 Å². The number of amides is 3. The summed E-state index contributed by atoms with van der Waals surface area (Å²) in [5.41, 5.74) is 0.757. The molecular weight excluding hydrogens is 276 g/mol. The highest BCUT2D eigenvalue weighted by Gasteiger charge is 2.11. The summed E-state index contributed by atoms with van der Waals surface area (Å²) in [6.07, 6.45) is 0. The maximum absolute atomic E-state index is 11.5. The molecule has 21 heavy (non-hydrogen) atoms. The molecule has 0 atom stereocenters. The Balaban J connectivity index is 2.59. The van der Waals surface area contributed by atoms with Crippen molar-refractivity contribution < 1.29 is 24.2 Å².